The fourth-order valence-corrected chi connectivity index (χ4v) is 2.69. The Morgan fingerprint density at radius 3 is 2.72 bits per heavy atom. The Morgan fingerprint density at radius 2 is 2.17 bits per heavy atom. The zero-order valence-corrected chi connectivity index (χ0v) is 12.4. The Kier molecular flexibility index (Phi) is 3.68. The van der Waals surface area contributed by atoms with Crippen molar-refractivity contribution in [1.29, 1.82) is 0 Å². The fourth-order valence-electron chi connectivity index (χ4n) is 1.45. The summed E-state index contributed by atoms with van der Waals surface area (Å²) >= 11 is 4.67. The number of carbonyl (C=O) groups excluding carboxylic acids is 1. The maximum atomic E-state index is 12.0. The molecule has 0 aliphatic carbocycles. The van der Waals surface area contributed by atoms with Gasteiger partial charge in [-0.05, 0) is 48.0 Å². The minimum atomic E-state index is -0.160. The quantitative estimate of drug-likeness (QED) is 0.832. The van der Waals surface area contributed by atoms with Crippen LogP contribution in [0.3, 0.4) is 0 Å². The first-order valence-corrected chi connectivity index (χ1v) is 6.88. The number of nitrogens with zero attached hydrogens (tertiary/aromatic N) is 1. The summed E-state index contributed by atoms with van der Waals surface area (Å²) < 4.78 is 0.745. The van der Waals surface area contributed by atoms with Crippen molar-refractivity contribution in [3.8, 4) is 0 Å². The number of rotatable bonds is 2. The minimum Gasteiger partial charge on any atom is -0.398 e. The van der Waals surface area contributed by atoms with Crippen LogP contribution in [0.2, 0.25) is 0 Å². The number of amides is 1. The first-order valence-electron chi connectivity index (χ1n) is 5.28. The van der Waals surface area contributed by atoms with Crippen LogP contribution in [0.5, 0.6) is 0 Å². The van der Waals surface area contributed by atoms with Gasteiger partial charge >= 0.3 is 0 Å². The molecule has 18 heavy (non-hydrogen) atoms. The van der Waals surface area contributed by atoms with Crippen LogP contribution in [0, 0.1) is 13.8 Å². The van der Waals surface area contributed by atoms with E-state index in [9.17, 15) is 4.79 Å². The molecular formula is C12H12BrN3OS. The van der Waals surface area contributed by atoms with Crippen LogP contribution in [0.25, 0.3) is 0 Å². The largest absolute Gasteiger partial charge is 0.398 e. The molecule has 0 radical (unpaired) electrons. The van der Waals surface area contributed by atoms with E-state index in [4.69, 9.17) is 5.73 Å². The summed E-state index contributed by atoms with van der Waals surface area (Å²) in [4.78, 5) is 17.8. The number of aromatic nitrogens is 1. The highest BCUT2D eigenvalue weighted by Crippen LogP contribution is 2.25. The molecule has 2 rings (SSSR count). The molecule has 0 saturated heterocycles. The van der Waals surface area contributed by atoms with E-state index in [0.717, 1.165) is 15.2 Å². The predicted octanol–water partition coefficient (Wildman–Crippen LogP) is 3.36. The van der Waals surface area contributed by atoms with Crippen molar-refractivity contribution in [3.63, 3.8) is 0 Å². The molecule has 0 spiro atoms. The fraction of sp³-hybridized carbons (Fsp3) is 0.167. The normalized spacial score (nSPS) is 10.4. The molecule has 0 atom stereocenters. The van der Waals surface area contributed by atoms with Crippen molar-refractivity contribution < 1.29 is 4.79 Å². The molecule has 2 heterocycles. The van der Waals surface area contributed by atoms with Crippen LogP contribution in [-0.4, -0.2) is 10.9 Å². The number of nitrogens with one attached hydrogen (secondary N) is 1. The zero-order chi connectivity index (χ0) is 13.3. The van der Waals surface area contributed by atoms with Crippen molar-refractivity contribution in [2.45, 2.75) is 13.8 Å². The molecule has 3 N–H and O–H groups in total. The van der Waals surface area contributed by atoms with E-state index >= 15 is 0 Å². The van der Waals surface area contributed by atoms with Gasteiger partial charge in [0.15, 0.2) is 0 Å². The summed E-state index contributed by atoms with van der Waals surface area (Å²) in [7, 11) is 0. The van der Waals surface area contributed by atoms with Crippen LogP contribution in [0.1, 0.15) is 20.2 Å². The van der Waals surface area contributed by atoms with Crippen molar-refractivity contribution >= 4 is 44.5 Å². The second-order valence-corrected chi connectivity index (χ2v) is 5.91. The average molecular weight is 326 g/mol. The molecule has 0 saturated carbocycles. The van der Waals surface area contributed by atoms with Crippen molar-refractivity contribution in [2.75, 3.05) is 11.1 Å². The lowest BCUT2D eigenvalue weighted by Gasteiger charge is -2.06. The lowest BCUT2D eigenvalue weighted by Crippen LogP contribution is -2.11. The van der Waals surface area contributed by atoms with Gasteiger partial charge in [-0.2, -0.15) is 0 Å². The number of hydrogen-bond donors (Lipinski definition) is 2. The van der Waals surface area contributed by atoms with E-state index in [-0.39, 0.29) is 5.91 Å². The molecule has 2 aromatic rings. The monoisotopic (exact) mass is 325 g/mol. The van der Waals surface area contributed by atoms with Crippen LogP contribution in [-0.2, 0) is 0 Å². The minimum absolute atomic E-state index is 0.160. The SMILES string of the molecule is Cc1nc(Br)ccc1NC(=O)c1cc(N)c(C)s1. The number of hydrogen-bond acceptors (Lipinski definition) is 4. The van der Waals surface area contributed by atoms with E-state index in [1.54, 1.807) is 12.1 Å². The third-order valence-electron chi connectivity index (χ3n) is 2.48. The number of halogens is 1. The predicted molar refractivity (Wildman–Crippen MR) is 78.1 cm³/mol. The second-order valence-electron chi connectivity index (χ2n) is 3.84. The summed E-state index contributed by atoms with van der Waals surface area (Å²) in [6.45, 7) is 3.73. The van der Waals surface area contributed by atoms with Crippen molar-refractivity contribution in [1.82, 2.24) is 4.98 Å². The van der Waals surface area contributed by atoms with Gasteiger partial charge in [0.25, 0.3) is 5.91 Å². The maximum absolute atomic E-state index is 12.0. The molecular weight excluding hydrogens is 314 g/mol. The van der Waals surface area contributed by atoms with Crippen LogP contribution in [0.4, 0.5) is 11.4 Å². The van der Waals surface area contributed by atoms with Gasteiger partial charge < -0.3 is 11.1 Å². The highest BCUT2D eigenvalue weighted by Gasteiger charge is 2.12. The van der Waals surface area contributed by atoms with Gasteiger partial charge in [-0.15, -0.1) is 11.3 Å². The smallest absolute Gasteiger partial charge is 0.265 e. The summed E-state index contributed by atoms with van der Waals surface area (Å²) in [5.41, 5.74) is 7.85. The third-order valence-corrected chi connectivity index (χ3v) is 3.99. The molecule has 0 unspecified atom stereocenters. The molecule has 94 valence electrons. The number of aryl methyl sites for hydroxylation is 2. The summed E-state index contributed by atoms with van der Waals surface area (Å²) in [5.74, 6) is -0.160. The molecule has 0 aromatic carbocycles. The molecule has 2 aromatic heterocycles. The van der Waals surface area contributed by atoms with Crippen LogP contribution in [0.15, 0.2) is 22.8 Å². The van der Waals surface area contributed by atoms with Gasteiger partial charge in [0, 0.05) is 10.6 Å². The topological polar surface area (TPSA) is 68.0 Å². The summed E-state index contributed by atoms with van der Waals surface area (Å²) in [6, 6.07) is 5.29. The highest BCUT2D eigenvalue weighted by molar-refractivity contribution is 9.10. The number of nitrogens with two attached hydrogens (primary N) is 1. The number of carbonyl (C=O) groups is 1. The lowest BCUT2D eigenvalue weighted by atomic mass is 10.3. The van der Waals surface area contributed by atoms with E-state index in [1.807, 2.05) is 19.9 Å². The molecule has 0 aliphatic rings. The van der Waals surface area contributed by atoms with Gasteiger partial charge in [-0.25, -0.2) is 4.98 Å². The van der Waals surface area contributed by atoms with E-state index < -0.39 is 0 Å². The summed E-state index contributed by atoms with van der Waals surface area (Å²) in [6.07, 6.45) is 0. The van der Waals surface area contributed by atoms with Crippen molar-refractivity contribution in [3.05, 3.63) is 38.3 Å². The van der Waals surface area contributed by atoms with E-state index in [1.165, 1.54) is 11.3 Å². The lowest BCUT2D eigenvalue weighted by molar-refractivity contribution is 0.103. The van der Waals surface area contributed by atoms with Gasteiger partial charge in [-0.3, -0.25) is 4.79 Å². The van der Waals surface area contributed by atoms with Gasteiger partial charge in [-0.1, -0.05) is 0 Å². The number of thiophene rings is 1. The molecule has 4 nitrogen and oxygen atoms in total. The van der Waals surface area contributed by atoms with Crippen molar-refractivity contribution in [2.24, 2.45) is 0 Å². The van der Waals surface area contributed by atoms with E-state index in [2.05, 4.69) is 26.2 Å². The Balaban J connectivity index is 2.21. The third kappa shape index (κ3) is 2.70. The maximum Gasteiger partial charge on any atom is 0.265 e. The van der Waals surface area contributed by atoms with Crippen LogP contribution >= 0.6 is 27.3 Å². The molecule has 1 amide bonds. The number of pyridine rings is 1. The van der Waals surface area contributed by atoms with Gasteiger partial charge in [0.05, 0.1) is 16.3 Å². The van der Waals surface area contributed by atoms with Gasteiger partial charge in [0.2, 0.25) is 0 Å². The average Bonchev–Trinajstić information content (AvgIpc) is 2.63. The van der Waals surface area contributed by atoms with E-state index in [0.29, 0.717) is 16.3 Å². The Hall–Kier alpha value is -1.40. The first-order chi connectivity index (χ1) is 8.47. The number of anilines is 2. The second kappa shape index (κ2) is 5.07. The Labute approximate surface area is 117 Å². The molecule has 6 heteroatoms. The van der Waals surface area contributed by atoms with Crippen LogP contribution < -0.4 is 11.1 Å². The molecule has 0 aliphatic heterocycles. The zero-order valence-electron chi connectivity index (χ0n) is 9.95. The highest BCUT2D eigenvalue weighted by atomic mass is 79.9. The first kappa shape index (κ1) is 13.0. The standard InChI is InChI=1S/C12H12BrN3OS/c1-6-9(3-4-11(13)15-6)16-12(17)10-5-8(14)7(2)18-10/h3-5H,14H2,1-2H3,(H,16,17). The molecule has 0 fully saturated rings. The molecule has 0 bridgehead atoms. The summed E-state index contributed by atoms with van der Waals surface area (Å²) in [5, 5.41) is 2.83. The number of nitrogen functional groups attached to an aromatic ring is 1. The Bertz CT molecular complexity index is 590. The van der Waals surface area contributed by atoms with Gasteiger partial charge in [0.1, 0.15) is 4.60 Å². The Morgan fingerprint density at radius 1 is 1.44 bits per heavy atom.